The minimum Gasteiger partial charge on any atom is -0.351 e. The fourth-order valence-electron chi connectivity index (χ4n) is 2.15. The Bertz CT molecular complexity index is 325. The van der Waals surface area contributed by atoms with Crippen molar-refractivity contribution in [3.63, 3.8) is 0 Å². The lowest BCUT2D eigenvalue weighted by atomic mass is 10.0. The second-order valence-corrected chi connectivity index (χ2v) is 4.15. The predicted molar refractivity (Wildman–Crippen MR) is 63.7 cm³/mol. The van der Waals surface area contributed by atoms with Crippen LogP contribution >= 0.6 is 0 Å². The van der Waals surface area contributed by atoms with E-state index in [0.717, 1.165) is 13.1 Å². The molecule has 0 spiro atoms. The van der Waals surface area contributed by atoms with Gasteiger partial charge in [-0.1, -0.05) is 12.2 Å². The zero-order valence-corrected chi connectivity index (χ0v) is 9.45. The molecule has 1 aromatic rings. The maximum atomic E-state index is 3.63. The van der Waals surface area contributed by atoms with Gasteiger partial charge in [0.2, 0.25) is 0 Å². The number of aromatic nitrogens is 1. The summed E-state index contributed by atoms with van der Waals surface area (Å²) < 4.78 is 2.30. The van der Waals surface area contributed by atoms with E-state index in [1.807, 2.05) is 0 Å². The number of nitrogens with one attached hydrogen (secondary N) is 1. The molecule has 2 rings (SSSR count). The maximum Gasteiger partial charge on any atom is 0.0361 e. The van der Waals surface area contributed by atoms with Crippen molar-refractivity contribution in [1.29, 1.82) is 0 Å². The van der Waals surface area contributed by atoms with Crippen LogP contribution in [0.4, 0.5) is 0 Å². The summed E-state index contributed by atoms with van der Waals surface area (Å²) in [4.78, 5) is 0. The molecule has 0 fully saturated rings. The van der Waals surface area contributed by atoms with Crippen molar-refractivity contribution in [2.24, 2.45) is 0 Å². The molecule has 0 saturated heterocycles. The van der Waals surface area contributed by atoms with Crippen molar-refractivity contribution >= 4 is 0 Å². The Hall–Kier alpha value is -1.02. The number of hydrogen-bond donors (Lipinski definition) is 1. The Morgan fingerprint density at radius 3 is 3.13 bits per heavy atom. The zero-order chi connectivity index (χ0) is 10.5. The third-order valence-electron chi connectivity index (χ3n) is 3.11. The summed E-state index contributed by atoms with van der Waals surface area (Å²) >= 11 is 0. The van der Waals surface area contributed by atoms with E-state index >= 15 is 0 Å². The molecule has 1 aromatic heterocycles. The van der Waals surface area contributed by atoms with Crippen LogP contribution in [-0.2, 0) is 13.1 Å². The van der Waals surface area contributed by atoms with E-state index in [-0.39, 0.29) is 0 Å². The highest BCUT2D eigenvalue weighted by atomic mass is 15.0. The van der Waals surface area contributed by atoms with Crippen molar-refractivity contribution in [1.82, 2.24) is 9.88 Å². The Morgan fingerprint density at radius 1 is 1.47 bits per heavy atom. The van der Waals surface area contributed by atoms with Gasteiger partial charge in [-0.25, -0.2) is 0 Å². The molecule has 0 aromatic carbocycles. The smallest absolute Gasteiger partial charge is 0.0361 e. The van der Waals surface area contributed by atoms with E-state index in [9.17, 15) is 0 Å². The van der Waals surface area contributed by atoms with Gasteiger partial charge in [-0.05, 0) is 38.3 Å². The fourth-order valence-corrected chi connectivity index (χ4v) is 2.15. The molecule has 82 valence electrons. The van der Waals surface area contributed by atoms with Gasteiger partial charge in [-0.15, -0.1) is 0 Å². The monoisotopic (exact) mass is 204 g/mol. The molecule has 15 heavy (non-hydrogen) atoms. The molecule has 1 unspecified atom stereocenters. The third-order valence-corrected chi connectivity index (χ3v) is 3.11. The van der Waals surface area contributed by atoms with Crippen LogP contribution in [0.25, 0.3) is 0 Å². The summed E-state index contributed by atoms with van der Waals surface area (Å²) in [5.41, 5.74) is 1.40. The molecule has 2 nitrogen and oxygen atoms in total. The summed E-state index contributed by atoms with van der Waals surface area (Å²) in [7, 11) is 0. The van der Waals surface area contributed by atoms with Crippen LogP contribution in [0.2, 0.25) is 0 Å². The van der Waals surface area contributed by atoms with Crippen LogP contribution in [0, 0.1) is 0 Å². The van der Waals surface area contributed by atoms with E-state index in [4.69, 9.17) is 0 Å². The van der Waals surface area contributed by atoms with Gasteiger partial charge in [-0.2, -0.15) is 0 Å². The highest BCUT2D eigenvalue weighted by Gasteiger charge is 2.09. The summed E-state index contributed by atoms with van der Waals surface area (Å²) in [6.07, 6.45) is 10.4. The molecule has 2 heteroatoms. The van der Waals surface area contributed by atoms with E-state index < -0.39 is 0 Å². The fraction of sp³-hybridized carbons (Fsp3) is 0.538. The molecule has 0 amide bonds. The average Bonchev–Trinajstić information content (AvgIpc) is 2.75. The van der Waals surface area contributed by atoms with Crippen LogP contribution < -0.4 is 5.32 Å². The summed E-state index contributed by atoms with van der Waals surface area (Å²) in [6, 6.07) is 5.01. The van der Waals surface area contributed by atoms with Crippen LogP contribution in [0.5, 0.6) is 0 Å². The Labute approximate surface area is 92.0 Å². The number of rotatable bonds is 4. The van der Waals surface area contributed by atoms with Crippen molar-refractivity contribution in [3.05, 3.63) is 36.2 Å². The lowest BCUT2D eigenvalue weighted by Gasteiger charge is -2.19. The van der Waals surface area contributed by atoms with Crippen molar-refractivity contribution in [2.75, 3.05) is 0 Å². The molecule has 0 radical (unpaired) electrons. The second kappa shape index (κ2) is 5.17. The molecule has 1 N–H and O–H groups in total. The SMILES string of the molecule is CCn1cccc1CNC1CC=CCC1. The van der Waals surface area contributed by atoms with Gasteiger partial charge in [0.25, 0.3) is 0 Å². The summed E-state index contributed by atoms with van der Waals surface area (Å²) in [6.45, 7) is 4.25. The first-order valence-corrected chi connectivity index (χ1v) is 5.92. The number of allylic oxidation sites excluding steroid dienone is 1. The van der Waals surface area contributed by atoms with Gasteiger partial charge >= 0.3 is 0 Å². The zero-order valence-electron chi connectivity index (χ0n) is 9.45. The third kappa shape index (κ3) is 2.72. The Morgan fingerprint density at radius 2 is 2.40 bits per heavy atom. The minimum atomic E-state index is 0.676. The lowest BCUT2D eigenvalue weighted by molar-refractivity contribution is 0.464. The standard InChI is InChI=1S/C13H20N2/c1-2-15-10-6-9-13(15)11-14-12-7-4-3-5-8-12/h3-4,6,9-10,12,14H,2,5,7-8,11H2,1H3. The maximum absolute atomic E-state index is 3.63. The number of aryl methyl sites for hydroxylation is 1. The van der Waals surface area contributed by atoms with Gasteiger partial charge in [0.15, 0.2) is 0 Å². The second-order valence-electron chi connectivity index (χ2n) is 4.15. The Kier molecular flexibility index (Phi) is 3.62. The molecule has 1 aliphatic carbocycles. The van der Waals surface area contributed by atoms with Crippen LogP contribution in [-0.4, -0.2) is 10.6 Å². The first kappa shape index (κ1) is 10.5. The highest BCUT2D eigenvalue weighted by molar-refractivity contribution is 5.07. The summed E-state index contributed by atoms with van der Waals surface area (Å²) in [5.74, 6) is 0. The largest absolute Gasteiger partial charge is 0.351 e. The van der Waals surface area contributed by atoms with E-state index in [1.165, 1.54) is 25.0 Å². The first-order valence-electron chi connectivity index (χ1n) is 5.92. The molecule has 0 saturated carbocycles. The van der Waals surface area contributed by atoms with Gasteiger partial charge in [0, 0.05) is 31.0 Å². The normalized spacial score (nSPS) is 20.7. The first-order chi connectivity index (χ1) is 7.40. The minimum absolute atomic E-state index is 0.676. The van der Waals surface area contributed by atoms with Gasteiger partial charge in [0.1, 0.15) is 0 Å². The van der Waals surface area contributed by atoms with Gasteiger partial charge < -0.3 is 9.88 Å². The van der Waals surface area contributed by atoms with Gasteiger partial charge in [-0.3, -0.25) is 0 Å². The number of nitrogens with zero attached hydrogens (tertiary/aromatic N) is 1. The van der Waals surface area contributed by atoms with Gasteiger partial charge in [0.05, 0.1) is 0 Å². The van der Waals surface area contributed by atoms with Crippen LogP contribution in [0.3, 0.4) is 0 Å². The van der Waals surface area contributed by atoms with Crippen molar-refractivity contribution in [2.45, 2.75) is 45.3 Å². The average molecular weight is 204 g/mol. The topological polar surface area (TPSA) is 17.0 Å². The molecule has 0 bridgehead atoms. The number of hydrogen-bond acceptors (Lipinski definition) is 1. The van der Waals surface area contributed by atoms with Crippen LogP contribution in [0.15, 0.2) is 30.5 Å². The molecule has 1 atom stereocenters. The predicted octanol–water partition coefficient (Wildman–Crippen LogP) is 2.71. The van der Waals surface area contributed by atoms with Crippen LogP contribution in [0.1, 0.15) is 31.9 Å². The molecular formula is C13H20N2. The van der Waals surface area contributed by atoms with Crippen molar-refractivity contribution < 1.29 is 0 Å². The summed E-state index contributed by atoms with van der Waals surface area (Å²) in [5, 5.41) is 3.63. The van der Waals surface area contributed by atoms with E-state index in [0.29, 0.717) is 6.04 Å². The molecule has 1 heterocycles. The molecular weight excluding hydrogens is 184 g/mol. The quantitative estimate of drug-likeness (QED) is 0.746. The molecule has 0 aliphatic heterocycles. The van der Waals surface area contributed by atoms with E-state index in [2.05, 4.69) is 47.3 Å². The molecule has 1 aliphatic rings. The Balaban J connectivity index is 1.84. The van der Waals surface area contributed by atoms with Crippen molar-refractivity contribution in [3.8, 4) is 0 Å². The highest BCUT2D eigenvalue weighted by Crippen LogP contribution is 2.11. The van der Waals surface area contributed by atoms with E-state index in [1.54, 1.807) is 0 Å². The lowest BCUT2D eigenvalue weighted by Crippen LogP contribution is -2.29.